The van der Waals surface area contributed by atoms with Crippen molar-refractivity contribution in [2.45, 2.75) is 33.1 Å². The summed E-state index contributed by atoms with van der Waals surface area (Å²) in [5.74, 6) is 0. The first-order chi connectivity index (χ1) is 5.41. The number of hydroxylamine groups is 1. The average molecular weight is 160 g/mol. The predicted molar refractivity (Wildman–Crippen MR) is 47.2 cm³/mol. The zero-order valence-corrected chi connectivity index (χ0v) is 7.65. The van der Waals surface area contributed by atoms with Crippen molar-refractivity contribution >= 4 is 0 Å². The van der Waals surface area contributed by atoms with E-state index in [9.17, 15) is 0 Å². The summed E-state index contributed by atoms with van der Waals surface area (Å²) in [6.45, 7) is 6.87. The van der Waals surface area contributed by atoms with Gasteiger partial charge in [0.05, 0.1) is 0 Å². The average Bonchev–Trinajstić information content (AvgIpc) is 2.03. The summed E-state index contributed by atoms with van der Waals surface area (Å²) in [5.41, 5.74) is 2.85. The molecule has 0 bridgehead atoms. The first kappa shape index (κ1) is 10.9. The van der Waals surface area contributed by atoms with Crippen molar-refractivity contribution in [1.29, 1.82) is 0 Å². The zero-order valence-electron chi connectivity index (χ0n) is 7.65. The van der Waals surface area contributed by atoms with E-state index in [0.717, 1.165) is 19.5 Å². The summed E-state index contributed by atoms with van der Waals surface area (Å²) >= 11 is 0. The van der Waals surface area contributed by atoms with E-state index < -0.39 is 0 Å². The Morgan fingerprint density at radius 2 is 1.91 bits per heavy atom. The maximum Gasteiger partial charge on any atom is 0.118 e. The quantitative estimate of drug-likeness (QED) is 0.319. The lowest BCUT2D eigenvalue weighted by atomic mass is 10.3. The van der Waals surface area contributed by atoms with Crippen LogP contribution in [-0.2, 0) is 4.84 Å². The van der Waals surface area contributed by atoms with Crippen LogP contribution in [0.15, 0.2) is 0 Å². The standard InChI is InChI=1S/C8H20N2O/c1-3-5-7-9-8-11-10-6-4-2/h9-10H,3-8H2,1-2H3. The van der Waals surface area contributed by atoms with Gasteiger partial charge in [0.25, 0.3) is 0 Å². The summed E-state index contributed by atoms with van der Waals surface area (Å²) in [5, 5.41) is 3.16. The van der Waals surface area contributed by atoms with E-state index in [-0.39, 0.29) is 0 Å². The fourth-order valence-electron chi connectivity index (χ4n) is 0.650. The molecule has 3 nitrogen and oxygen atoms in total. The highest BCUT2D eigenvalue weighted by Crippen LogP contribution is 1.81. The number of hydrogen-bond donors (Lipinski definition) is 2. The molecular weight excluding hydrogens is 140 g/mol. The van der Waals surface area contributed by atoms with Crippen LogP contribution in [0.1, 0.15) is 33.1 Å². The van der Waals surface area contributed by atoms with Crippen LogP contribution in [0.4, 0.5) is 0 Å². The van der Waals surface area contributed by atoms with Gasteiger partial charge in [-0.2, -0.15) is 0 Å². The van der Waals surface area contributed by atoms with Gasteiger partial charge in [-0.3, -0.25) is 10.2 Å². The molecule has 0 spiro atoms. The summed E-state index contributed by atoms with van der Waals surface area (Å²) < 4.78 is 0. The smallest absolute Gasteiger partial charge is 0.118 e. The fourth-order valence-corrected chi connectivity index (χ4v) is 0.650. The van der Waals surface area contributed by atoms with Crippen molar-refractivity contribution in [3.8, 4) is 0 Å². The lowest BCUT2D eigenvalue weighted by molar-refractivity contribution is 0.0287. The first-order valence-electron chi connectivity index (χ1n) is 4.47. The molecule has 0 heterocycles. The lowest BCUT2D eigenvalue weighted by Crippen LogP contribution is -2.25. The largest absolute Gasteiger partial charge is 0.293 e. The Hall–Kier alpha value is -0.120. The molecule has 0 rings (SSSR count). The molecule has 0 aromatic heterocycles. The van der Waals surface area contributed by atoms with Crippen molar-refractivity contribution in [3.05, 3.63) is 0 Å². The van der Waals surface area contributed by atoms with E-state index >= 15 is 0 Å². The Kier molecular flexibility index (Phi) is 9.77. The molecule has 0 aliphatic heterocycles. The van der Waals surface area contributed by atoms with Crippen LogP contribution in [0.3, 0.4) is 0 Å². The maximum atomic E-state index is 5.06. The molecule has 0 radical (unpaired) electrons. The van der Waals surface area contributed by atoms with E-state index in [0.29, 0.717) is 6.73 Å². The minimum absolute atomic E-state index is 0.611. The number of nitrogens with one attached hydrogen (secondary N) is 2. The summed E-state index contributed by atoms with van der Waals surface area (Å²) in [4.78, 5) is 5.06. The van der Waals surface area contributed by atoms with Crippen LogP contribution in [-0.4, -0.2) is 19.8 Å². The number of hydrogen-bond acceptors (Lipinski definition) is 3. The minimum Gasteiger partial charge on any atom is -0.293 e. The molecule has 0 atom stereocenters. The van der Waals surface area contributed by atoms with Crippen LogP contribution in [0.2, 0.25) is 0 Å². The van der Waals surface area contributed by atoms with E-state index in [1.807, 2.05) is 0 Å². The van der Waals surface area contributed by atoms with Gasteiger partial charge in [-0.05, 0) is 19.4 Å². The fraction of sp³-hybridized carbons (Fsp3) is 1.00. The number of unbranched alkanes of at least 4 members (excludes halogenated alkanes) is 1. The van der Waals surface area contributed by atoms with Gasteiger partial charge in [-0.25, -0.2) is 5.48 Å². The van der Waals surface area contributed by atoms with E-state index in [2.05, 4.69) is 24.6 Å². The molecule has 0 unspecified atom stereocenters. The Balaban J connectivity index is 2.69. The second kappa shape index (κ2) is 9.88. The van der Waals surface area contributed by atoms with E-state index in [4.69, 9.17) is 4.84 Å². The molecule has 0 saturated heterocycles. The Labute approximate surface area is 69.5 Å². The molecular formula is C8H20N2O. The van der Waals surface area contributed by atoms with Gasteiger partial charge >= 0.3 is 0 Å². The molecule has 0 amide bonds. The third-order valence-corrected chi connectivity index (χ3v) is 1.34. The Morgan fingerprint density at radius 3 is 2.55 bits per heavy atom. The van der Waals surface area contributed by atoms with Crippen LogP contribution in [0, 0.1) is 0 Å². The van der Waals surface area contributed by atoms with Gasteiger partial charge in [0, 0.05) is 6.54 Å². The molecule has 2 N–H and O–H groups in total. The van der Waals surface area contributed by atoms with Crippen LogP contribution >= 0.6 is 0 Å². The highest BCUT2D eigenvalue weighted by molar-refractivity contribution is 4.38. The number of rotatable bonds is 8. The van der Waals surface area contributed by atoms with Crippen molar-refractivity contribution in [2.75, 3.05) is 19.8 Å². The molecule has 3 heteroatoms. The van der Waals surface area contributed by atoms with Crippen LogP contribution in [0.25, 0.3) is 0 Å². The van der Waals surface area contributed by atoms with E-state index in [1.54, 1.807) is 0 Å². The topological polar surface area (TPSA) is 33.3 Å². The predicted octanol–water partition coefficient (Wildman–Crippen LogP) is 1.26. The monoisotopic (exact) mass is 160 g/mol. The highest BCUT2D eigenvalue weighted by atomic mass is 16.7. The van der Waals surface area contributed by atoms with Gasteiger partial charge in [-0.1, -0.05) is 20.3 Å². The van der Waals surface area contributed by atoms with Crippen molar-refractivity contribution in [1.82, 2.24) is 10.8 Å². The van der Waals surface area contributed by atoms with E-state index in [1.165, 1.54) is 12.8 Å². The van der Waals surface area contributed by atoms with Crippen molar-refractivity contribution in [3.63, 3.8) is 0 Å². The summed E-state index contributed by atoms with van der Waals surface area (Å²) in [6.07, 6.45) is 3.56. The molecule has 0 aromatic carbocycles. The Morgan fingerprint density at radius 1 is 1.09 bits per heavy atom. The molecule has 0 aliphatic rings. The molecule has 0 aromatic rings. The van der Waals surface area contributed by atoms with Crippen molar-refractivity contribution in [2.24, 2.45) is 0 Å². The second-order valence-corrected chi connectivity index (χ2v) is 2.54. The normalized spacial score (nSPS) is 10.4. The summed E-state index contributed by atoms with van der Waals surface area (Å²) in [7, 11) is 0. The molecule has 0 fully saturated rings. The second-order valence-electron chi connectivity index (χ2n) is 2.54. The highest BCUT2D eigenvalue weighted by Gasteiger charge is 1.85. The first-order valence-corrected chi connectivity index (χ1v) is 4.47. The van der Waals surface area contributed by atoms with Gasteiger partial charge in [-0.15, -0.1) is 0 Å². The molecule has 0 aliphatic carbocycles. The maximum absolute atomic E-state index is 5.06. The van der Waals surface area contributed by atoms with Crippen molar-refractivity contribution < 1.29 is 4.84 Å². The third-order valence-electron chi connectivity index (χ3n) is 1.34. The lowest BCUT2D eigenvalue weighted by Gasteiger charge is -2.04. The van der Waals surface area contributed by atoms with Gasteiger partial charge in [0.2, 0.25) is 0 Å². The van der Waals surface area contributed by atoms with Gasteiger partial charge in [0.1, 0.15) is 6.73 Å². The third kappa shape index (κ3) is 9.88. The van der Waals surface area contributed by atoms with Gasteiger partial charge in [0.15, 0.2) is 0 Å². The summed E-state index contributed by atoms with van der Waals surface area (Å²) in [6, 6.07) is 0. The molecule has 11 heavy (non-hydrogen) atoms. The van der Waals surface area contributed by atoms with Crippen LogP contribution < -0.4 is 10.8 Å². The zero-order chi connectivity index (χ0) is 8.36. The Bertz CT molecular complexity index is 61.1. The van der Waals surface area contributed by atoms with Gasteiger partial charge < -0.3 is 0 Å². The molecule has 0 saturated carbocycles. The minimum atomic E-state index is 0.611. The van der Waals surface area contributed by atoms with Crippen LogP contribution in [0.5, 0.6) is 0 Å². The SMILES string of the molecule is CCCCNCONCCC. The molecule has 68 valence electrons.